The first kappa shape index (κ1) is 7.79. The SMILES string of the molecule is ClC1(Cl)CC1C1CC1(Cl)Cl. The van der Waals surface area contributed by atoms with E-state index >= 15 is 0 Å². The van der Waals surface area contributed by atoms with Crippen molar-refractivity contribution in [1.82, 2.24) is 0 Å². The zero-order valence-corrected chi connectivity index (χ0v) is 8.10. The molecule has 0 saturated heterocycles. The molecule has 10 heavy (non-hydrogen) atoms. The summed E-state index contributed by atoms with van der Waals surface area (Å²) in [4.78, 5) is 0. The first-order valence-electron chi connectivity index (χ1n) is 3.19. The highest BCUT2D eigenvalue weighted by Gasteiger charge is 2.67. The van der Waals surface area contributed by atoms with E-state index in [1.807, 2.05) is 0 Å². The van der Waals surface area contributed by atoms with E-state index in [0.717, 1.165) is 12.8 Å². The molecule has 0 aromatic rings. The molecular formula is C6H6Cl4. The molecule has 2 saturated carbocycles. The highest BCUT2D eigenvalue weighted by atomic mass is 35.5. The summed E-state index contributed by atoms with van der Waals surface area (Å²) in [6.45, 7) is 0. The molecule has 2 rings (SSSR count). The lowest BCUT2D eigenvalue weighted by molar-refractivity contribution is 0.698. The zero-order valence-electron chi connectivity index (χ0n) is 5.08. The molecule has 2 fully saturated rings. The first-order chi connectivity index (χ1) is 4.43. The minimum absolute atomic E-state index is 0.339. The molecule has 2 aliphatic carbocycles. The fourth-order valence-corrected chi connectivity index (χ4v) is 2.62. The van der Waals surface area contributed by atoms with Crippen LogP contribution in [0.1, 0.15) is 12.8 Å². The van der Waals surface area contributed by atoms with Crippen molar-refractivity contribution in [3.63, 3.8) is 0 Å². The third-order valence-electron chi connectivity index (χ3n) is 2.23. The van der Waals surface area contributed by atoms with Crippen molar-refractivity contribution >= 4 is 46.4 Å². The van der Waals surface area contributed by atoms with Gasteiger partial charge in [0.05, 0.1) is 0 Å². The van der Waals surface area contributed by atoms with Gasteiger partial charge in [-0.2, -0.15) is 0 Å². The molecule has 0 aromatic heterocycles. The van der Waals surface area contributed by atoms with Crippen LogP contribution in [0.15, 0.2) is 0 Å². The fourth-order valence-electron chi connectivity index (χ4n) is 1.34. The Bertz CT molecular complexity index is 155. The Balaban J connectivity index is 1.96. The van der Waals surface area contributed by atoms with Crippen molar-refractivity contribution in [3.05, 3.63) is 0 Å². The Labute approximate surface area is 79.8 Å². The van der Waals surface area contributed by atoms with Crippen molar-refractivity contribution < 1.29 is 0 Å². The highest BCUT2D eigenvalue weighted by Crippen LogP contribution is 2.69. The van der Waals surface area contributed by atoms with Gasteiger partial charge in [0.15, 0.2) is 0 Å². The van der Waals surface area contributed by atoms with Gasteiger partial charge in [-0.25, -0.2) is 0 Å². The van der Waals surface area contributed by atoms with Gasteiger partial charge in [-0.3, -0.25) is 0 Å². The van der Waals surface area contributed by atoms with E-state index in [-0.39, 0.29) is 0 Å². The molecule has 0 amide bonds. The average Bonchev–Trinajstić information content (AvgIpc) is 2.49. The van der Waals surface area contributed by atoms with Crippen LogP contribution in [-0.4, -0.2) is 8.67 Å². The van der Waals surface area contributed by atoms with Gasteiger partial charge in [0.25, 0.3) is 0 Å². The van der Waals surface area contributed by atoms with Gasteiger partial charge in [0.2, 0.25) is 0 Å². The summed E-state index contributed by atoms with van der Waals surface area (Å²) in [5, 5.41) is 0. The third-order valence-corrected chi connectivity index (χ3v) is 3.97. The van der Waals surface area contributed by atoms with Gasteiger partial charge < -0.3 is 0 Å². The molecule has 0 aliphatic heterocycles. The summed E-state index contributed by atoms with van der Waals surface area (Å²) >= 11 is 23.3. The lowest BCUT2D eigenvalue weighted by Gasteiger charge is -1.97. The number of halogens is 4. The van der Waals surface area contributed by atoms with Crippen LogP contribution in [0.25, 0.3) is 0 Å². The van der Waals surface area contributed by atoms with Crippen molar-refractivity contribution in [3.8, 4) is 0 Å². The maximum atomic E-state index is 5.82. The van der Waals surface area contributed by atoms with Gasteiger partial charge in [-0.1, -0.05) is 0 Å². The fraction of sp³-hybridized carbons (Fsp3) is 1.00. The normalized spacial score (nSPS) is 46.8. The second kappa shape index (κ2) is 1.90. The van der Waals surface area contributed by atoms with Crippen LogP contribution in [0, 0.1) is 11.8 Å². The van der Waals surface area contributed by atoms with Crippen molar-refractivity contribution in [2.75, 3.05) is 0 Å². The molecule has 2 aliphatic rings. The highest BCUT2D eigenvalue weighted by molar-refractivity contribution is 6.53. The molecule has 0 aromatic carbocycles. The lowest BCUT2D eigenvalue weighted by Crippen LogP contribution is -1.98. The molecule has 0 spiro atoms. The van der Waals surface area contributed by atoms with Crippen LogP contribution in [0.2, 0.25) is 0 Å². The smallest absolute Gasteiger partial charge is 0.101 e. The number of hydrogen-bond donors (Lipinski definition) is 0. The monoisotopic (exact) mass is 218 g/mol. The summed E-state index contributed by atoms with van der Waals surface area (Å²) in [5.74, 6) is 0.677. The van der Waals surface area contributed by atoms with Crippen LogP contribution in [0.5, 0.6) is 0 Å². The molecule has 4 heteroatoms. The standard InChI is InChI=1S/C6H6Cl4/c7-5(8)1-3(5)4-2-6(4,9)10/h3-4H,1-2H2. The van der Waals surface area contributed by atoms with E-state index < -0.39 is 8.67 Å². The van der Waals surface area contributed by atoms with Gasteiger partial charge in [-0.15, -0.1) is 46.4 Å². The maximum Gasteiger partial charge on any atom is 0.122 e. The molecule has 0 radical (unpaired) electrons. The van der Waals surface area contributed by atoms with E-state index in [1.54, 1.807) is 0 Å². The van der Waals surface area contributed by atoms with Gasteiger partial charge in [0.1, 0.15) is 8.67 Å². The maximum absolute atomic E-state index is 5.82. The topological polar surface area (TPSA) is 0 Å². The van der Waals surface area contributed by atoms with Crippen molar-refractivity contribution in [1.29, 1.82) is 0 Å². The second-order valence-corrected chi connectivity index (χ2v) is 6.23. The van der Waals surface area contributed by atoms with E-state index in [1.165, 1.54) is 0 Å². The first-order valence-corrected chi connectivity index (χ1v) is 4.70. The quantitative estimate of drug-likeness (QED) is 0.594. The number of rotatable bonds is 1. The Morgan fingerprint density at radius 3 is 1.10 bits per heavy atom. The summed E-state index contributed by atoms with van der Waals surface area (Å²) in [5.41, 5.74) is 0. The van der Waals surface area contributed by atoms with E-state index in [9.17, 15) is 0 Å². The largest absolute Gasteiger partial charge is 0.122 e. The summed E-state index contributed by atoms with van der Waals surface area (Å²) in [7, 11) is 0. The van der Waals surface area contributed by atoms with Crippen LogP contribution in [0.4, 0.5) is 0 Å². The van der Waals surface area contributed by atoms with Gasteiger partial charge in [0, 0.05) is 11.8 Å². The molecule has 58 valence electrons. The van der Waals surface area contributed by atoms with Crippen molar-refractivity contribution in [2.24, 2.45) is 11.8 Å². The van der Waals surface area contributed by atoms with E-state index in [0.29, 0.717) is 11.8 Å². The van der Waals surface area contributed by atoms with Crippen molar-refractivity contribution in [2.45, 2.75) is 21.5 Å². The molecule has 2 atom stereocenters. The Kier molecular flexibility index (Phi) is 1.48. The van der Waals surface area contributed by atoms with Crippen LogP contribution >= 0.6 is 46.4 Å². The second-order valence-electron chi connectivity index (χ2n) is 3.14. The van der Waals surface area contributed by atoms with E-state index in [2.05, 4.69) is 0 Å². The van der Waals surface area contributed by atoms with Gasteiger partial charge >= 0.3 is 0 Å². The Morgan fingerprint density at radius 1 is 0.800 bits per heavy atom. The predicted molar refractivity (Wildman–Crippen MR) is 45.1 cm³/mol. The van der Waals surface area contributed by atoms with Crippen LogP contribution < -0.4 is 0 Å². The number of hydrogen-bond acceptors (Lipinski definition) is 0. The summed E-state index contributed by atoms with van der Waals surface area (Å²) in [6, 6.07) is 0. The van der Waals surface area contributed by atoms with E-state index in [4.69, 9.17) is 46.4 Å². The minimum atomic E-state index is -0.518. The number of alkyl halides is 4. The minimum Gasteiger partial charge on any atom is -0.101 e. The predicted octanol–water partition coefficient (Wildman–Crippen LogP) is 3.37. The molecule has 0 nitrogen and oxygen atoms in total. The molecular weight excluding hydrogens is 214 g/mol. The van der Waals surface area contributed by atoms with Crippen LogP contribution in [0.3, 0.4) is 0 Å². The zero-order chi connectivity index (χ0) is 7.57. The van der Waals surface area contributed by atoms with Gasteiger partial charge in [-0.05, 0) is 12.8 Å². The summed E-state index contributed by atoms with van der Waals surface area (Å²) < 4.78 is -1.04. The average molecular weight is 220 g/mol. The van der Waals surface area contributed by atoms with Crippen LogP contribution in [-0.2, 0) is 0 Å². The molecule has 0 heterocycles. The summed E-state index contributed by atoms with van der Waals surface area (Å²) in [6.07, 6.45) is 1.70. The Hall–Kier alpha value is 1.16. The Morgan fingerprint density at radius 2 is 1.00 bits per heavy atom. The molecule has 0 N–H and O–H groups in total. The third kappa shape index (κ3) is 1.14. The molecule has 2 unspecified atom stereocenters. The lowest BCUT2D eigenvalue weighted by atomic mass is 10.3. The molecule has 0 bridgehead atoms.